The lowest BCUT2D eigenvalue weighted by molar-refractivity contribution is -0.112. The van der Waals surface area contributed by atoms with Crippen LogP contribution in [-0.4, -0.2) is 11.8 Å². The first-order valence-corrected chi connectivity index (χ1v) is 8.69. The highest BCUT2D eigenvalue weighted by atomic mass is 16.3. The molecule has 2 amide bonds. The molecule has 0 unspecified atom stereocenters. The third kappa shape index (κ3) is 5.60. The maximum atomic E-state index is 11.9. The minimum Gasteiger partial charge on any atom is -0.462 e. The summed E-state index contributed by atoms with van der Waals surface area (Å²) in [5.74, 6) is 2.25. The quantitative estimate of drug-likeness (QED) is 0.606. The summed E-state index contributed by atoms with van der Waals surface area (Å²) in [7, 11) is 0. The number of aryl methyl sites for hydroxylation is 2. The minimum absolute atomic E-state index is 0.275. The number of benzene rings is 1. The molecule has 2 heterocycles. The zero-order valence-electron chi connectivity index (χ0n) is 15.6. The monoisotopic (exact) mass is 376 g/mol. The predicted molar refractivity (Wildman–Crippen MR) is 109 cm³/mol. The van der Waals surface area contributed by atoms with Crippen LogP contribution >= 0.6 is 0 Å². The molecule has 1 aromatic carbocycles. The number of anilines is 2. The Labute approximate surface area is 162 Å². The number of carbonyl (C=O) groups is 2. The van der Waals surface area contributed by atoms with Crippen LogP contribution < -0.4 is 10.6 Å². The summed E-state index contributed by atoms with van der Waals surface area (Å²) in [5, 5.41) is 5.48. The molecule has 0 saturated carbocycles. The number of carbonyl (C=O) groups excluding carboxylic acids is 2. The molecular weight excluding hydrogens is 356 g/mol. The molecule has 0 aliphatic heterocycles. The molecule has 0 aliphatic rings. The second-order valence-corrected chi connectivity index (χ2v) is 6.12. The number of hydrogen-bond donors (Lipinski definition) is 2. The van der Waals surface area contributed by atoms with Crippen molar-refractivity contribution in [2.45, 2.75) is 13.8 Å². The van der Waals surface area contributed by atoms with Crippen LogP contribution in [0.1, 0.15) is 23.0 Å². The average Bonchev–Trinajstić information content (AvgIpc) is 3.28. The van der Waals surface area contributed by atoms with Crippen LogP contribution in [-0.2, 0) is 9.59 Å². The highest BCUT2D eigenvalue weighted by Gasteiger charge is 2.02. The van der Waals surface area contributed by atoms with Crippen LogP contribution in [0.4, 0.5) is 11.4 Å². The lowest BCUT2D eigenvalue weighted by Crippen LogP contribution is -2.09. The van der Waals surface area contributed by atoms with Gasteiger partial charge < -0.3 is 19.5 Å². The molecule has 6 heteroatoms. The molecule has 2 aromatic heterocycles. The Hall–Kier alpha value is -3.80. The molecule has 3 aromatic rings. The van der Waals surface area contributed by atoms with Gasteiger partial charge in [0.25, 0.3) is 0 Å². The molecule has 0 saturated heterocycles. The molecule has 3 rings (SSSR count). The first kappa shape index (κ1) is 19.0. The van der Waals surface area contributed by atoms with Gasteiger partial charge in [0.2, 0.25) is 11.8 Å². The number of rotatable bonds is 6. The lowest BCUT2D eigenvalue weighted by Gasteiger charge is -2.05. The van der Waals surface area contributed by atoms with Crippen LogP contribution in [0.15, 0.2) is 69.5 Å². The Morgan fingerprint density at radius 1 is 0.679 bits per heavy atom. The van der Waals surface area contributed by atoms with Crippen molar-refractivity contribution in [2.75, 3.05) is 10.6 Å². The van der Waals surface area contributed by atoms with E-state index in [0.717, 1.165) is 11.5 Å². The van der Waals surface area contributed by atoms with Crippen molar-refractivity contribution in [3.8, 4) is 0 Å². The normalized spacial score (nSPS) is 11.2. The smallest absolute Gasteiger partial charge is 0.248 e. The first-order valence-electron chi connectivity index (χ1n) is 8.69. The van der Waals surface area contributed by atoms with Crippen molar-refractivity contribution in [3.05, 3.63) is 83.7 Å². The van der Waals surface area contributed by atoms with Gasteiger partial charge in [-0.15, -0.1) is 0 Å². The zero-order valence-corrected chi connectivity index (χ0v) is 15.6. The van der Waals surface area contributed by atoms with E-state index in [0.29, 0.717) is 22.9 Å². The Morgan fingerprint density at radius 2 is 1.07 bits per heavy atom. The Balaban J connectivity index is 1.51. The molecule has 0 fully saturated rings. The van der Waals surface area contributed by atoms with Crippen LogP contribution in [0.2, 0.25) is 0 Å². The lowest BCUT2D eigenvalue weighted by atomic mass is 10.2. The van der Waals surface area contributed by atoms with Gasteiger partial charge in [-0.2, -0.15) is 0 Å². The third-order valence-corrected chi connectivity index (χ3v) is 3.74. The van der Waals surface area contributed by atoms with Crippen molar-refractivity contribution in [1.29, 1.82) is 0 Å². The first-order chi connectivity index (χ1) is 13.5. The summed E-state index contributed by atoms with van der Waals surface area (Å²) in [5.41, 5.74) is 1.23. The van der Waals surface area contributed by atoms with E-state index in [1.165, 1.54) is 12.2 Å². The van der Waals surface area contributed by atoms with E-state index in [9.17, 15) is 9.59 Å². The minimum atomic E-state index is -0.275. The maximum absolute atomic E-state index is 11.9. The predicted octanol–water partition coefficient (Wildman–Crippen LogP) is 4.79. The van der Waals surface area contributed by atoms with Crippen molar-refractivity contribution >= 4 is 35.3 Å². The second-order valence-electron chi connectivity index (χ2n) is 6.12. The SMILES string of the molecule is Cc1ccc(C=CC(=O)Nc2ccc(NC(=O)C=Cc3ccc(C)o3)cc2)o1. The summed E-state index contributed by atoms with van der Waals surface area (Å²) >= 11 is 0. The zero-order chi connectivity index (χ0) is 19.9. The molecule has 6 nitrogen and oxygen atoms in total. The number of nitrogens with one attached hydrogen (secondary N) is 2. The Morgan fingerprint density at radius 3 is 1.39 bits per heavy atom. The summed E-state index contributed by atoms with van der Waals surface area (Å²) in [6.45, 7) is 3.68. The maximum Gasteiger partial charge on any atom is 0.248 e. The van der Waals surface area contributed by atoms with E-state index in [1.54, 1.807) is 48.6 Å². The Kier molecular flexibility index (Phi) is 5.91. The largest absolute Gasteiger partial charge is 0.462 e. The Bertz CT molecular complexity index is 940. The second kappa shape index (κ2) is 8.73. The molecule has 0 spiro atoms. The molecule has 0 atom stereocenters. The molecule has 0 bridgehead atoms. The van der Waals surface area contributed by atoms with E-state index >= 15 is 0 Å². The van der Waals surface area contributed by atoms with Gasteiger partial charge >= 0.3 is 0 Å². The summed E-state index contributed by atoms with van der Waals surface area (Å²) < 4.78 is 10.7. The van der Waals surface area contributed by atoms with Crippen LogP contribution in [0.5, 0.6) is 0 Å². The topological polar surface area (TPSA) is 84.5 Å². The van der Waals surface area contributed by atoms with Crippen LogP contribution in [0.3, 0.4) is 0 Å². The van der Waals surface area contributed by atoms with Crippen LogP contribution in [0.25, 0.3) is 12.2 Å². The van der Waals surface area contributed by atoms with E-state index in [-0.39, 0.29) is 11.8 Å². The van der Waals surface area contributed by atoms with E-state index < -0.39 is 0 Å². The molecule has 142 valence electrons. The van der Waals surface area contributed by atoms with Gasteiger partial charge in [0, 0.05) is 23.5 Å². The number of furan rings is 2. The summed E-state index contributed by atoms with van der Waals surface area (Å²) in [6, 6.07) is 14.1. The standard InChI is InChI=1S/C22H20N2O4/c1-15-3-9-19(27-15)11-13-21(25)23-17-5-7-18(8-6-17)24-22(26)14-12-20-10-4-16(2)28-20/h3-14H,1-2H3,(H,23,25)(H,24,26). The van der Waals surface area contributed by atoms with Gasteiger partial charge in [0.1, 0.15) is 23.0 Å². The molecule has 28 heavy (non-hydrogen) atoms. The molecule has 0 aliphatic carbocycles. The highest BCUT2D eigenvalue weighted by molar-refractivity contribution is 6.03. The fourth-order valence-corrected chi connectivity index (χ4v) is 2.41. The summed E-state index contributed by atoms with van der Waals surface area (Å²) in [6.07, 6.45) is 6.00. The fourth-order valence-electron chi connectivity index (χ4n) is 2.41. The van der Waals surface area contributed by atoms with Gasteiger partial charge in [-0.25, -0.2) is 0 Å². The highest BCUT2D eigenvalue weighted by Crippen LogP contribution is 2.15. The van der Waals surface area contributed by atoms with Crippen LogP contribution in [0, 0.1) is 13.8 Å². The molecular formula is C22H20N2O4. The molecule has 2 N–H and O–H groups in total. The number of amides is 2. The van der Waals surface area contributed by atoms with Crippen molar-refractivity contribution in [1.82, 2.24) is 0 Å². The average molecular weight is 376 g/mol. The van der Waals surface area contributed by atoms with Crippen molar-refractivity contribution in [3.63, 3.8) is 0 Å². The van der Waals surface area contributed by atoms with Gasteiger partial charge in [-0.3, -0.25) is 9.59 Å². The van der Waals surface area contributed by atoms with Gasteiger partial charge in [0.15, 0.2) is 0 Å². The molecule has 0 radical (unpaired) electrons. The van der Waals surface area contributed by atoms with Crippen molar-refractivity contribution < 1.29 is 18.4 Å². The van der Waals surface area contributed by atoms with Gasteiger partial charge in [-0.05, 0) is 74.5 Å². The van der Waals surface area contributed by atoms with E-state index in [2.05, 4.69) is 10.6 Å². The number of hydrogen-bond acceptors (Lipinski definition) is 4. The van der Waals surface area contributed by atoms with Gasteiger partial charge in [0.05, 0.1) is 0 Å². The summed E-state index contributed by atoms with van der Waals surface area (Å²) in [4.78, 5) is 23.9. The van der Waals surface area contributed by atoms with E-state index in [1.807, 2.05) is 26.0 Å². The van der Waals surface area contributed by atoms with Crippen molar-refractivity contribution in [2.24, 2.45) is 0 Å². The van der Waals surface area contributed by atoms with E-state index in [4.69, 9.17) is 8.83 Å². The third-order valence-electron chi connectivity index (χ3n) is 3.74. The fraction of sp³-hybridized carbons (Fsp3) is 0.0909. The van der Waals surface area contributed by atoms with Gasteiger partial charge in [-0.1, -0.05) is 0 Å².